The molecule has 1 aliphatic heterocycles. The van der Waals surface area contributed by atoms with Gasteiger partial charge in [-0.05, 0) is 37.5 Å². The Morgan fingerprint density at radius 2 is 1.95 bits per heavy atom. The van der Waals surface area contributed by atoms with Crippen LogP contribution in [-0.2, 0) is 9.59 Å². The molecular weight excluding hydrogens is 246 g/mol. The first-order valence-electron chi connectivity index (χ1n) is 7.15. The van der Waals surface area contributed by atoms with Crippen molar-refractivity contribution in [2.24, 2.45) is 23.7 Å². The number of carbonyl (C=O) groups is 2. The Morgan fingerprint density at radius 1 is 1.26 bits per heavy atom. The minimum Gasteiger partial charge on any atom is -0.481 e. The smallest absolute Gasteiger partial charge is 0.307 e. The van der Waals surface area contributed by atoms with Gasteiger partial charge in [-0.15, -0.1) is 0 Å². The van der Waals surface area contributed by atoms with Crippen LogP contribution >= 0.6 is 0 Å². The number of carboxylic acids is 1. The molecule has 1 saturated carbocycles. The number of hydrogen-bond donors (Lipinski definition) is 2. The number of aliphatic carboxylic acids is 1. The minimum absolute atomic E-state index is 0.0186. The van der Waals surface area contributed by atoms with Gasteiger partial charge in [-0.1, -0.05) is 6.92 Å². The molecule has 19 heavy (non-hydrogen) atoms. The topological polar surface area (TPSA) is 77.8 Å². The zero-order valence-corrected chi connectivity index (χ0v) is 11.4. The molecule has 0 aromatic rings. The number of amides is 1. The zero-order chi connectivity index (χ0) is 14.0. The van der Waals surface area contributed by atoms with Crippen molar-refractivity contribution in [1.29, 1.82) is 0 Å². The zero-order valence-electron chi connectivity index (χ0n) is 11.4. The van der Waals surface area contributed by atoms with Crippen molar-refractivity contribution < 1.29 is 19.8 Å². The average Bonchev–Trinajstić information content (AvgIpc) is 2.80. The summed E-state index contributed by atoms with van der Waals surface area (Å²) in [4.78, 5) is 25.5. The number of aliphatic hydroxyl groups is 1. The van der Waals surface area contributed by atoms with Crippen LogP contribution in [0, 0.1) is 23.7 Å². The van der Waals surface area contributed by atoms with Crippen molar-refractivity contribution in [2.45, 2.75) is 32.6 Å². The lowest BCUT2D eigenvalue weighted by Gasteiger charge is -2.34. The molecule has 1 heterocycles. The van der Waals surface area contributed by atoms with Gasteiger partial charge in [0, 0.05) is 19.7 Å². The van der Waals surface area contributed by atoms with Gasteiger partial charge in [-0.25, -0.2) is 0 Å². The predicted molar refractivity (Wildman–Crippen MR) is 69.4 cm³/mol. The van der Waals surface area contributed by atoms with Crippen molar-refractivity contribution in [3.8, 4) is 0 Å². The van der Waals surface area contributed by atoms with Crippen LogP contribution in [0.5, 0.6) is 0 Å². The number of rotatable bonds is 3. The number of carbonyl (C=O) groups excluding carboxylic acids is 1. The van der Waals surface area contributed by atoms with E-state index in [9.17, 15) is 19.8 Å². The molecule has 5 nitrogen and oxygen atoms in total. The van der Waals surface area contributed by atoms with E-state index in [4.69, 9.17) is 0 Å². The molecule has 108 valence electrons. The van der Waals surface area contributed by atoms with Gasteiger partial charge in [0.25, 0.3) is 0 Å². The fourth-order valence-corrected chi connectivity index (χ4v) is 3.49. The standard InChI is InChI=1S/C14H23NO4/c1-9-5-11(12(6-9)14(18)19)13(17)15-4-2-3-10(7-15)8-16/h9-12,16H,2-8H2,1H3,(H,18,19)/t9?,10?,11-,12+/m0/s1. The lowest BCUT2D eigenvalue weighted by Crippen LogP contribution is -2.45. The molecule has 2 N–H and O–H groups in total. The van der Waals surface area contributed by atoms with Crippen molar-refractivity contribution in [3.05, 3.63) is 0 Å². The Labute approximate surface area is 113 Å². The van der Waals surface area contributed by atoms with E-state index in [1.54, 1.807) is 4.90 Å². The fourth-order valence-electron chi connectivity index (χ4n) is 3.49. The first-order valence-corrected chi connectivity index (χ1v) is 7.15. The van der Waals surface area contributed by atoms with Crippen LogP contribution in [0.25, 0.3) is 0 Å². The summed E-state index contributed by atoms with van der Waals surface area (Å²) in [5.41, 5.74) is 0. The van der Waals surface area contributed by atoms with Gasteiger partial charge in [-0.3, -0.25) is 9.59 Å². The van der Waals surface area contributed by atoms with E-state index in [1.165, 1.54) is 0 Å². The highest BCUT2D eigenvalue weighted by Gasteiger charge is 2.43. The molecule has 1 amide bonds. The summed E-state index contributed by atoms with van der Waals surface area (Å²) in [5.74, 6) is -1.32. The predicted octanol–water partition coefficient (Wildman–Crippen LogP) is 0.964. The SMILES string of the molecule is CC1C[C@H](C(=O)N2CCCC(CO)C2)[C@H](C(=O)O)C1. The summed E-state index contributed by atoms with van der Waals surface area (Å²) < 4.78 is 0. The van der Waals surface area contributed by atoms with Gasteiger partial charge >= 0.3 is 5.97 Å². The van der Waals surface area contributed by atoms with Gasteiger partial charge < -0.3 is 15.1 Å². The molecule has 0 bridgehead atoms. The summed E-state index contributed by atoms with van der Waals surface area (Å²) in [7, 11) is 0. The third-order valence-electron chi connectivity index (χ3n) is 4.52. The number of hydrogen-bond acceptors (Lipinski definition) is 3. The molecule has 0 spiro atoms. The van der Waals surface area contributed by atoms with E-state index < -0.39 is 11.9 Å². The molecule has 5 heteroatoms. The lowest BCUT2D eigenvalue weighted by molar-refractivity contribution is -0.150. The van der Waals surface area contributed by atoms with E-state index in [0.29, 0.717) is 31.8 Å². The van der Waals surface area contributed by atoms with Gasteiger partial charge in [0.2, 0.25) is 5.91 Å². The number of likely N-dealkylation sites (tertiary alicyclic amines) is 1. The second kappa shape index (κ2) is 5.90. The Hall–Kier alpha value is -1.10. The Bertz CT molecular complexity index is 357. The van der Waals surface area contributed by atoms with Crippen LogP contribution in [0.2, 0.25) is 0 Å². The normalized spacial score (nSPS) is 35.4. The van der Waals surface area contributed by atoms with Crippen molar-refractivity contribution in [3.63, 3.8) is 0 Å². The Balaban J connectivity index is 2.03. The maximum absolute atomic E-state index is 12.5. The van der Waals surface area contributed by atoms with Crippen LogP contribution in [0.4, 0.5) is 0 Å². The third-order valence-corrected chi connectivity index (χ3v) is 4.52. The van der Waals surface area contributed by atoms with Crippen molar-refractivity contribution in [1.82, 2.24) is 4.90 Å². The van der Waals surface area contributed by atoms with Crippen LogP contribution in [0.1, 0.15) is 32.6 Å². The number of carboxylic acid groups (broad SMARTS) is 1. The summed E-state index contributed by atoms with van der Waals surface area (Å²) in [5, 5.41) is 18.4. The van der Waals surface area contributed by atoms with Crippen LogP contribution in [0.3, 0.4) is 0 Å². The summed E-state index contributed by atoms with van der Waals surface area (Å²) in [6.45, 7) is 3.39. The minimum atomic E-state index is -0.849. The van der Waals surface area contributed by atoms with Gasteiger partial charge in [0.15, 0.2) is 0 Å². The molecule has 4 atom stereocenters. The number of nitrogens with zero attached hydrogens (tertiary/aromatic N) is 1. The van der Waals surface area contributed by atoms with Crippen LogP contribution < -0.4 is 0 Å². The van der Waals surface area contributed by atoms with Crippen LogP contribution in [0.15, 0.2) is 0 Å². The molecular formula is C14H23NO4. The first kappa shape index (κ1) is 14.3. The summed E-state index contributed by atoms with van der Waals surface area (Å²) in [6.07, 6.45) is 3.12. The lowest BCUT2D eigenvalue weighted by atomic mass is 9.92. The van der Waals surface area contributed by atoms with E-state index in [1.807, 2.05) is 6.92 Å². The summed E-state index contributed by atoms with van der Waals surface area (Å²) >= 11 is 0. The van der Waals surface area contributed by atoms with Gasteiger partial charge in [0.1, 0.15) is 0 Å². The molecule has 2 aliphatic rings. The van der Waals surface area contributed by atoms with Crippen LogP contribution in [-0.4, -0.2) is 46.7 Å². The maximum atomic E-state index is 12.5. The average molecular weight is 269 g/mol. The van der Waals surface area contributed by atoms with Crippen molar-refractivity contribution >= 4 is 11.9 Å². The van der Waals surface area contributed by atoms with E-state index in [0.717, 1.165) is 12.8 Å². The molecule has 2 unspecified atom stereocenters. The largest absolute Gasteiger partial charge is 0.481 e. The molecule has 1 aliphatic carbocycles. The molecule has 2 rings (SSSR count). The quantitative estimate of drug-likeness (QED) is 0.800. The maximum Gasteiger partial charge on any atom is 0.307 e. The molecule has 0 radical (unpaired) electrons. The van der Waals surface area contributed by atoms with Crippen molar-refractivity contribution in [2.75, 3.05) is 19.7 Å². The van der Waals surface area contributed by atoms with Gasteiger partial charge in [0.05, 0.1) is 11.8 Å². The number of aliphatic hydroxyl groups excluding tert-OH is 1. The highest BCUT2D eigenvalue weighted by molar-refractivity contribution is 5.85. The second-order valence-electron chi connectivity index (χ2n) is 6.10. The third kappa shape index (κ3) is 3.08. The summed E-state index contributed by atoms with van der Waals surface area (Å²) in [6, 6.07) is 0. The Kier molecular flexibility index (Phi) is 4.45. The fraction of sp³-hybridized carbons (Fsp3) is 0.857. The Morgan fingerprint density at radius 3 is 2.58 bits per heavy atom. The van der Waals surface area contributed by atoms with E-state index >= 15 is 0 Å². The monoisotopic (exact) mass is 269 g/mol. The first-order chi connectivity index (χ1) is 9.02. The highest BCUT2D eigenvalue weighted by atomic mass is 16.4. The number of piperidine rings is 1. The van der Waals surface area contributed by atoms with E-state index in [-0.39, 0.29) is 24.3 Å². The second-order valence-corrected chi connectivity index (χ2v) is 6.10. The molecule has 1 saturated heterocycles. The highest BCUT2D eigenvalue weighted by Crippen LogP contribution is 2.38. The molecule has 0 aromatic heterocycles. The molecule has 0 aromatic carbocycles. The molecule has 2 fully saturated rings. The van der Waals surface area contributed by atoms with Gasteiger partial charge in [-0.2, -0.15) is 0 Å². The van der Waals surface area contributed by atoms with E-state index in [2.05, 4.69) is 0 Å².